The fourth-order valence-corrected chi connectivity index (χ4v) is 3.19. The zero-order valence-electron chi connectivity index (χ0n) is 12.5. The smallest absolute Gasteiger partial charge is 0.257 e. The minimum absolute atomic E-state index is 0.00198. The summed E-state index contributed by atoms with van der Waals surface area (Å²) in [5.41, 5.74) is 3.45. The predicted octanol–water partition coefficient (Wildman–Crippen LogP) is 3.64. The summed E-state index contributed by atoms with van der Waals surface area (Å²) in [6.07, 6.45) is 1.81. The van der Waals surface area contributed by atoms with E-state index in [0.29, 0.717) is 17.2 Å². The Balaban J connectivity index is 1.73. The Hall–Kier alpha value is -2.46. The first-order valence-electron chi connectivity index (χ1n) is 7.39. The Morgan fingerprint density at radius 1 is 1.26 bits per heavy atom. The largest absolute Gasteiger partial charge is 0.488 e. The lowest BCUT2D eigenvalue weighted by Crippen LogP contribution is -2.48. The molecule has 1 unspecified atom stereocenters. The van der Waals surface area contributed by atoms with E-state index in [1.807, 2.05) is 48.5 Å². The van der Waals surface area contributed by atoms with Crippen LogP contribution in [0.1, 0.15) is 15.9 Å². The van der Waals surface area contributed by atoms with Crippen molar-refractivity contribution in [3.63, 3.8) is 0 Å². The lowest BCUT2D eigenvalue weighted by Gasteiger charge is -2.37. The van der Waals surface area contributed by atoms with Crippen LogP contribution in [0.15, 0.2) is 48.0 Å². The fraction of sp³-hybridized carbons (Fsp3) is 0.167. The molecule has 0 fully saturated rings. The summed E-state index contributed by atoms with van der Waals surface area (Å²) in [5, 5.41) is 4.08. The summed E-state index contributed by atoms with van der Waals surface area (Å²) in [6, 6.07) is 13.1. The second-order valence-electron chi connectivity index (χ2n) is 5.70. The van der Waals surface area contributed by atoms with Crippen LogP contribution in [-0.2, 0) is 0 Å². The minimum Gasteiger partial charge on any atom is -0.488 e. The van der Waals surface area contributed by atoms with Crippen LogP contribution in [0.4, 0.5) is 5.69 Å². The van der Waals surface area contributed by atoms with Gasteiger partial charge in [-0.25, -0.2) is 0 Å². The van der Waals surface area contributed by atoms with Gasteiger partial charge in [0.05, 0.1) is 5.56 Å². The van der Waals surface area contributed by atoms with Gasteiger partial charge in [0.25, 0.3) is 5.91 Å². The molecule has 2 aliphatic rings. The van der Waals surface area contributed by atoms with Crippen LogP contribution in [0, 0.1) is 0 Å². The van der Waals surface area contributed by atoms with E-state index in [9.17, 15) is 4.79 Å². The Bertz CT molecular complexity index is 832. The SMILES string of the molecule is CN1C(=O)c2ccccc2NC1C1=Cc2cc(Cl)ccc2OC1. The molecule has 0 radical (unpaired) electrons. The third-order valence-corrected chi connectivity index (χ3v) is 4.45. The lowest BCUT2D eigenvalue weighted by atomic mass is 10.0. The number of fused-ring (bicyclic) bond motifs is 2. The van der Waals surface area contributed by atoms with Crippen molar-refractivity contribution < 1.29 is 9.53 Å². The van der Waals surface area contributed by atoms with Crippen molar-refractivity contribution >= 4 is 29.3 Å². The highest BCUT2D eigenvalue weighted by Crippen LogP contribution is 2.33. The molecule has 4 rings (SSSR count). The number of carbonyl (C=O) groups is 1. The molecule has 1 atom stereocenters. The first-order chi connectivity index (χ1) is 11.1. The van der Waals surface area contributed by atoms with E-state index >= 15 is 0 Å². The van der Waals surface area contributed by atoms with Gasteiger partial charge in [-0.1, -0.05) is 23.7 Å². The number of nitrogens with one attached hydrogen (secondary N) is 1. The second kappa shape index (κ2) is 5.32. The van der Waals surface area contributed by atoms with Crippen LogP contribution < -0.4 is 10.1 Å². The maximum absolute atomic E-state index is 12.6. The molecular formula is C18H15ClN2O2. The molecule has 0 bridgehead atoms. The quantitative estimate of drug-likeness (QED) is 0.870. The number of benzene rings is 2. The summed E-state index contributed by atoms with van der Waals surface area (Å²) >= 11 is 6.06. The van der Waals surface area contributed by atoms with Crippen molar-refractivity contribution in [2.24, 2.45) is 0 Å². The van der Waals surface area contributed by atoms with Gasteiger partial charge in [-0.15, -0.1) is 0 Å². The van der Waals surface area contributed by atoms with Crippen molar-refractivity contribution in [1.29, 1.82) is 0 Å². The standard InChI is InChI=1S/C18H15ClN2O2/c1-21-17(20-15-5-3-2-4-14(15)18(21)22)12-8-11-9-13(19)6-7-16(11)23-10-12/h2-9,17,20H,10H2,1H3. The first-order valence-corrected chi connectivity index (χ1v) is 7.77. The molecule has 2 aromatic rings. The lowest BCUT2D eigenvalue weighted by molar-refractivity contribution is 0.0752. The molecule has 23 heavy (non-hydrogen) atoms. The van der Waals surface area contributed by atoms with Gasteiger partial charge in [0.2, 0.25) is 0 Å². The Kier molecular flexibility index (Phi) is 3.27. The van der Waals surface area contributed by atoms with Gasteiger partial charge in [-0.2, -0.15) is 0 Å². The number of para-hydroxylation sites is 1. The number of ether oxygens (including phenoxy) is 1. The van der Waals surface area contributed by atoms with Crippen LogP contribution in [0.3, 0.4) is 0 Å². The van der Waals surface area contributed by atoms with Crippen molar-refractivity contribution in [3.05, 3.63) is 64.2 Å². The van der Waals surface area contributed by atoms with E-state index in [0.717, 1.165) is 22.6 Å². The van der Waals surface area contributed by atoms with Crippen LogP contribution in [0.5, 0.6) is 5.75 Å². The average molecular weight is 327 g/mol. The van der Waals surface area contributed by atoms with E-state index in [1.54, 1.807) is 11.9 Å². The number of hydrogen-bond acceptors (Lipinski definition) is 3. The van der Waals surface area contributed by atoms with Crippen LogP contribution in [0.25, 0.3) is 6.08 Å². The topological polar surface area (TPSA) is 41.6 Å². The van der Waals surface area contributed by atoms with E-state index < -0.39 is 0 Å². The van der Waals surface area contributed by atoms with Gasteiger partial charge in [0.1, 0.15) is 18.5 Å². The summed E-state index contributed by atoms with van der Waals surface area (Å²) in [6.45, 7) is 0.437. The third-order valence-electron chi connectivity index (χ3n) is 4.22. The van der Waals surface area contributed by atoms with Gasteiger partial charge >= 0.3 is 0 Å². The number of carbonyl (C=O) groups excluding carboxylic acids is 1. The van der Waals surface area contributed by atoms with Gasteiger partial charge < -0.3 is 15.0 Å². The van der Waals surface area contributed by atoms with Crippen molar-refractivity contribution in [3.8, 4) is 5.75 Å². The molecule has 0 saturated carbocycles. The number of nitrogens with zero attached hydrogens (tertiary/aromatic N) is 1. The molecule has 1 N–H and O–H groups in total. The van der Waals surface area contributed by atoms with Gasteiger partial charge in [-0.3, -0.25) is 4.79 Å². The fourth-order valence-electron chi connectivity index (χ4n) is 3.01. The number of halogens is 1. The number of hydrogen-bond donors (Lipinski definition) is 1. The maximum atomic E-state index is 12.6. The molecule has 0 aromatic heterocycles. The van der Waals surface area contributed by atoms with E-state index in [4.69, 9.17) is 16.3 Å². The molecular weight excluding hydrogens is 312 g/mol. The second-order valence-corrected chi connectivity index (χ2v) is 6.14. The van der Waals surface area contributed by atoms with Gasteiger partial charge in [-0.05, 0) is 36.4 Å². The van der Waals surface area contributed by atoms with E-state index in [-0.39, 0.29) is 12.1 Å². The van der Waals surface area contributed by atoms with Crippen molar-refractivity contribution in [1.82, 2.24) is 4.90 Å². The Morgan fingerprint density at radius 3 is 2.96 bits per heavy atom. The van der Waals surface area contributed by atoms with Crippen molar-refractivity contribution in [2.45, 2.75) is 6.17 Å². The minimum atomic E-state index is -0.232. The monoisotopic (exact) mass is 326 g/mol. The summed E-state index contributed by atoms with van der Waals surface area (Å²) in [7, 11) is 1.80. The molecule has 1 amide bonds. The average Bonchev–Trinajstić information content (AvgIpc) is 2.57. The number of anilines is 1. The molecule has 0 saturated heterocycles. The van der Waals surface area contributed by atoms with Crippen LogP contribution >= 0.6 is 11.6 Å². The van der Waals surface area contributed by atoms with Gasteiger partial charge in [0.15, 0.2) is 0 Å². The zero-order valence-corrected chi connectivity index (χ0v) is 13.3. The normalized spacial score (nSPS) is 19.2. The molecule has 116 valence electrons. The molecule has 4 nitrogen and oxygen atoms in total. The number of likely N-dealkylation sites (N-methyl/N-ethyl adjacent to an activating group) is 1. The highest BCUT2D eigenvalue weighted by Gasteiger charge is 2.32. The molecule has 2 heterocycles. The summed E-state index contributed by atoms with van der Waals surface area (Å²) < 4.78 is 5.81. The maximum Gasteiger partial charge on any atom is 0.257 e. The number of amides is 1. The summed E-state index contributed by atoms with van der Waals surface area (Å²) in [4.78, 5) is 14.3. The molecule has 2 aromatic carbocycles. The Labute approximate surface area is 139 Å². The molecule has 0 spiro atoms. The molecule has 2 aliphatic heterocycles. The Morgan fingerprint density at radius 2 is 2.09 bits per heavy atom. The van der Waals surface area contributed by atoms with Crippen molar-refractivity contribution in [2.75, 3.05) is 19.0 Å². The molecule has 5 heteroatoms. The first kappa shape index (κ1) is 14.2. The molecule has 0 aliphatic carbocycles. The van der Waals surface area contributed by atoms with E-state index in [2.05, 4.69) is 5.32 Å². The summed E-state index contributed by atoms with van der Waals surface area (Å²) in [5.74, 6) is 0.811. The van der Waals surface area contributed by atoms with Crippen LogP contribution in [0.2, 0.25) is 5.02 Å². The number of rotatable bonds is 1. The van der Waals surface area contributed by atoms with E-state index in [1.165, 1.54) is 0 Å². The van der Waals surface area contributed by atoms with Gasteiger partial charge in [0, 0.05) is 28.9 Å². The predicted molar refractivity (Wildman–Crippen MR) is 90.9 cm³/mol. The van der Waals surface area contributed by atoms with Crippen LogP contribution in [-0.4, -0.2) is 30.6 Å². The third kappa shape index (κ3) is 2.35. The highest BCUT2D eigenvalue weighted by molar-refractivity contribution is 6.30. The highest BCUT2D eigenvalue weighted by atomic mass is 35.5. The zero-order chi connectivity index (χ0) is 16.0.